The van der Waals surface area contributed by atoms with E-state index in [0.717, 1.165) is 11.3 Å². The van der Waals surface area contributed by atoms with Crippen LogP contribution in [0.2, 0.25) is 4.34 Å². The Bertz CT molecular complexity index is 1190. The smallest absolute Gasteiger partial charge is 0.340 e. The quantitative estimate of drug-likeness (QED) is 0.354. The van der Waals surface area contributed by atoms with Crippen molar-refractivity contribution >= 4 is 50.4 Å². The summed E-state index contributed by atoms with van der Waals surface area (Å²) >= 11 is 6.89. The first kappa shape index (κ1) is 22.8. The van der Waals surface area contributed by atoms with E-state index in [4.69, 9.17) is 21.1 Å². The number of benzene rings is 2. The van der Waals surface area contributed by atoms with Crippen molar-refractivity contribution in [2.45, 2.75) is 11.8 Å². The number of nitrogens with one attached hydrogen (secondary N) is 1. The number of carbonyl (C=O) groups excluding carboxylic acids is 2. The molecule has 0 saturated carbocycles. The highest BCUT2D eigenvalue weighted by Gasteiger charge is 2.20. The van der Waals surface area contributed by atoms with Crippen molar-refractivity contribution in [3.63, 3.8) is 0 Å². The van der Waals surface area contributed by atoms with Crippen LogP contribution in [0.4, 0.5) is 5.69 Å². The zero-order valence-electron chi connectivity index (χ0n) is 16.3. The normalized spacial score (nSPS) is 11.0. The highest BCUT2D eigenvalue weighted by Crippen LogP contribution is 2.24. The first-order valence-electron chi connectivity index (χ1n) is 9.10. The fraction of sp³-hybridized carbons (Fsp3) is 0.143. The fourth-order valence-corrected chi connectivity index (χ4v) is 4.63. The molecule has 0 aliphatic heterocycles. The number of esters is 1. The van der Waals surface area contributed by atoms with E-state index in [1.54, 1.807) is 36.4 Å². The predicted octanol–water partition coefficient (Wildman–Crippen LogP) is 4.64. The summed E-state index contributed by atoms with van der Waals surface area (Å²) in [5.74, 6) is -0.694. The summed E-state index contributed by atoms with van der Waals surface area (Å²) in [5, 5.41) is 0. The van der Waals surface area contributed by atoms with Crippen LogP contribution in [0.25, 0.3) is 0 Å². The number of ether oxygens (including phenoxy) is 2. The molecule has 0 radical (unpaired) electrons. The standard InChI is InChI=1S/C21H18ClNO6S2/c1-2-28-14-7-9-15(10-8-14)31(26,27)23-17-6-4-3-5-16(17)21(25)29-13-18(24)19-11-12-20(22)30-19/h3-12,23H,2,13H2,1H3. The Morgan fingerprint density at radius 3 is 2.39 bits per heavy atom. The van der Waals surface area contributed by atoms with Gasteiger partial charge in [-0.25, -0.2) is 13.2 Å². The van der Waals surface area contributed by atoms with Crippen molar-refractivity contribution < 1.29 is 27.5 Å². The van der Waals surface area contributed by atoms with Crippen molar-refractivity contribution in [1.29, 1.82) is 0 Å². The fourth-order valence-electron chi connectivity index (χ4n) is 2.58. The van der Waals surface area contributed by atoms with Gasteiger partial charge in [-0.15, -0.1) is 11.3 Å². The number of carbonyl (C=O) groups is 2. The second-order valence-electron chi connectivity index (χ2n) is 6.16. The van der Waals surface area contributed by atoms with Crippen molar-refractivity contribution in [3.05, 3.63) is 75.4 Å². The van der Waals surface area contributed by atoms with Crippen LogP contribution in [-0.4, -0.2) is 33.4 Å². The van der Waals surface area contributed by atoms with E-state index >= 15 is 0 Å². The molecule has 0 fully saturated rings. The molecule has 10 heteroatoms. The van der Waals surface area contributed by atoms with Gasteiger partial charge >= 0.3 is 5.97 Å². The van der Waals surface area contributed by atoms with E-state index in [-0.39, 0.29) is 16.1 Å². The van der Waals surface area contributed by atoms with E-state index < -0.39 is 28.4 Å². The lowest BCUT2D eigenvalue weighted by Crippen LogP contribution is -2.18. The van der Waals surface area contributed by atoms with Crippen LogP contribution in [0.3, 0.4) is 0 Å². The van der Waals surface area contributed by atoms with E-state index in [0.29, 0.717) is 21.6 Å². The lowest BCUT2D eigenvalue weighted by atomic mass is 10.2. The maximum atomic E-state index is 12.7. The SMILES string of the molecule is CCOc1ccc(S(=O)(=O)Nc2ccccc2C(=O)OCC(=O)c2ccc(Cl)s2)cc1. The largest absolute Gasteiger partial charge is 0.494 e. The van der Waals surface area contributed by atoms with Gasteiger partial charge in [0, 0.05) is 0 Å². The van der Waals surface area contributed by atoms with Crippen LogP contribution in [0.15, 0.2) is 65.6 Å². The highest BCUT2D eigenvalue weighted by atomic mass is 35.5. The predicted molar refractivity (Wildman–Crippen MR) is 119 cm³/mol. The molecule has 0 spiro atoms. The summed E-state index contributed by atoms with van der Waals surface area (Å²) < 4.78 is 38.7. The van der Waals surface area contributed by atoms with Crippen LogP contribution in [0.5, 0.6) is 5.75 Å². The van der Waals surface area contributed by atoms with Gasteiger partial charge < -0.3 is 9.47 Å². The molecule has 31 heavy (non-hydrogen) atoms. The lowest BCUT2D eigenvalue weighted by molar-refractivity contribution is 0.0477. The zero-order chi connectivity index (χ0) is 22.4. The maximum absolute atomic E-state index is 12.7. The third-order valence-corrected chi connectivity index (χ3v) is 6.67. The molecule has 0 aliphatic rings. The number of halogens is 1. The third kappa shape index (κ3) is 5.84. The lowest BCUT2D eigenvalue weighted by Gasteiger charge is -2.12. The van der Waals surface area contributed by atoms with Gasteiger partial charge in [0.15, 0.2) is 6.61 Å². The van der Waals surface area contributed by atoms with Crippen molar-refractivity contribution in [2.75, 3.05) is 17.9 Å². The molecule has 3 aromatic rings. The van der Waals surface area contributed by atoms with Crippen LogP contribution in [0, 0.1) is 0 Å². The Morgan fingerprint density at radius 1 is 1.03 bits per heavy atom. The van der Waals surface area contributed by atoms with Crippen LogP contribution in [0.1, 0.15) is 27.0 Å². The minimum absolute atomic E-state index is 0.00359. The molecule has 7 nitrogen and oxygen atoms in total. The number of para-hydroxylation sites is 1. The van der Waals surface area contributed by atoms with E-state index in [2.05, 4.69) is 4.72 Å². The van der Waals surface area contributed by atoms with Gasteiger partial charge in [0.2, 0.25) is 5.78 Å². The minimum Gasteiger partial charge on any atom is -0.494 e. The summed E-state index contributed by atoms with van der Waals surface area (Å²) in [6, 6.07) is 15.0. The molecule has 0 atom stereocenters. The maximum Gasteiger partial charge on any atom is 0.340 e. The second kappa shape index (κ2) is 9.95. The molecule has 162 valence electrons. The molecule has 1 aromatic heterocycles. The number of sulfonamides is 1. The van der Waals surface area contributed by atoms with Gasteiger partial charge in [0.25, 0.3) is 10.0 Å². The van der Waals surface area contributed by atoms with E-state index in [9.17, 15) is 18.0 Å². The van der Waals surface area contributed by atoms with Gasteiger partial charge in [-0.05, 0) is 55.5 Å². The van der Waals surface area contributed by atoms with Gasteiger partial charge in [0.05, 0.1) is 32.0 Å². The topological polar surface area (TPSA) is 98.8 Å². The second-order valence-corrected chi connectivity index (χ2v) is 9.56. The van der Waals surface area contributed by atoms with Crippen LogP contribution >= 0.6 is 22.9 Å². The van der Waals surface area contributed by atoms with E-state index in [1.807, 2.05) is 6.92 Å². The third-order valence-electron chi connectivity index (χ3n) is 4.02. The molecule has 2 aromatic carbocycles. The summed E-state index contributed by atoms with van der Waals surface area (Å²) in [6.45, 7) is 1.79. The summed E-state index contributed by atoms with van der Waals surface area (Å²) in [5.41, 5.74) is 0.0158. The Morgan fingerprint density at radius 2 is 1.74 bits per heavy atom. The molecule has 1 heterocycles. The Labute approximate surface area is 188 Å². The van der Waals surface area contributed by atoms with Gasteiger partial charge in [-0.3, -0.25) is 9.52 Å². The molecular weight excluding hydrogens is 462 g/mol. The number of ketones is 1. The molecule has 3 rings (SSSR count). The number of hydrogen-bond acceptors (Lipinski definition) is 7. The number of rotatable bonds is 9. The Hall–Kier alpha value is -2.88. The molecular formula is C21H18ClNO6S2. The monoisotopic (exact) mass is 479 g/mol. The number of hydrogen-bond donors (Lipinski definition) is 1. The summed E-state index contributed by atoms with van der Waals surface area (Å²) in [4.78, 5) is 25.0. The van der Waals surface area contributed by atoms with Crippen LogP contribution < -0.4 is 9.46 Å². The van der Waals surface area contributed by atoms with Crippen molar-refractivity contribution in [2.24, 2.45) is 0 Å². The average molecular weight is 480 g/mol. The van der Waals surface area contributed by atoms with Crippen LogP contribution in [-0.2, 0) is 14.8 Å². The van der Waals surface area contributed by atoms with Gasteiger partial charge in [-0.2, -0.15) is 0 Å². The number of anilines is 1. The van der Waals surface area contributed by atoms with E-state index in [1.165, 1.54) is 24.3 Å². The molecule has 0 amide bonds. The summed E-state index contributed by atoms with van der Waals surface area (Å²) in [7, 11) is -3.97. The molecule has 0 saturated heterocycles. The molecule has 0 aliphatic carbocycles. The highest BCUT2D eigenvalue weighted by molar-refractivity contribution is 7.92. The zero-order valence-corrected chi connectivity index (χ0v) is 18.7. The first-order chi connectivity index (χ1) is 14.8. The molecule has 0 bridgehead atoms. The number of thiophene rings is 1. The number of Topliss-reactive ketones (excluding diaryl/α,β-unsaturated/α-hetero) is 1. The van der Waals surface area contributed by atoms with Gasteiger partial charge in [0.1, 0.15) is 5.75 Å². The molecule has 1 N–H and O–H groups in total. The van der Waals surface area contributed by atoms with Crippen molar-refractivity contribution in [3.8, 4) is 5.75 Å². The first-order valence-corrected chi connectivity index (χ1v) is 11.8. The molecule has 0 unspecified atom stereocenters. The van der Waals surface area contributed by atoms with Crippen molar-refractivity contribution in [1.82, 2.24) is 0 Å². The minimum atomic E-state index is -3.97. The summed E-state index contributed by atoms with van der Waals surface area (Å²) in [6.07, 6.45) is 0. The Balaban J connectivity index is 1.73. The average Bonchev–Trinajstić information content (AvgIpc) is 3.19. The Kier molecular flexibility index (Phi) is 7.32. The van der Waals surface area contributed by atoms with Gasteiger partial charge in [-0.1, -0.05) is 23.7 Å².